The number of pyridine rings is 1. The van der Waals surface area contributed by atoms with Gasteiger partial charge in [-0.15, -0.1) is 0 Å². The molecule has 1 saturated heterocycles. The van der Waals surface area contributed by atoms with E-state index in [1.165, 1.54) is 19.3 Å². The van der Waals surface area contributed by atoms with Crippen LogP contribution in [0.25, 0.3) is 10.9 Å². The van der Waals surface area contributed by atoms with Gasteiger partial charge >= 0.3 is 0 Å². The van der Waals surface area contributed by atoms with Crippen LogP contribution in [0.4, 0.5) is 0 Å². The number of fused-ring (bicyclic) bond motifs is 1. The first kappa shape index (κ1) is 16.3. The first-order valence-electron chi connectivity index (χ1n) is 9.08. The second-order valence-electron chi connectivity index (χ2n) is 7.16. The molecule has 5 nitrogen and oxygen atoms in total. The van der Waals surface area contributed by atoms with Gasteiger partial charge in [0.2, 0.25) is 5.88 Å². The van der Waals surface area contributed by atoms with E-state index in [0.29, 0.717) is 18.1 Å². The van der Waals surface area contributed by atoms with Gasteiger partial charge < -0.3 is 14.8 Å². The van der Waals surface area contributed by atoms with E-state index in [-0.39, 0.29) is 17.6 Å². The Balaban J connectivity index is 1.54. The van der Waals surface area contributed by atoms with E-state index in [2.05, 4.69) is 10.3 Å². The standard InChI is InChI=1S/C20H24N2O3/c1-24-18-11-16(15-7-3-4-8-17(15)22-18)19(23)21-14-12-20(25-13-14)9-5-2-6-10-20/h3-4,7-8,11,14H,2,5-6,9-10,12-13H2,1H3,(H,21,23)/t14-/m0/s1. The van der Waals surface area contributed by atoms with Crippen molar-refractivity contribution in [3.63, 3.8) is 0 Å². The Bertz CT molecular complexity index is 784. The lowest BCUT2D eigenvalue weighted by atomic mass is 9.82. The van der Waals surface area contributed by atoms with Gasteiger partial charge in [-0.2, -0.15) is 0 Å². The van der Waals surface area contributed by atoms with Crippen LogP contribution in [-0.2, 0) is 4.74 Å². The summed E-state index contributed by atoms with van der Waals surface area (Å²) in [7, 11) is 1.57. The number of hydrogen-bond donors (Lipinski definition) is 1. The number of nitrogens with one attached hydrogen (secondary N) is 1. The van der Waals surface area contributed by atoms with Crippen molar-refractivity contribution in [1.82, 2.24) is 10.3 Å². The summed E-state index contributed by atoms with van der Waals surface area (Å²) in [4.78, 5) is 17.3. The zero-order chi connectivity index (χ0) is 17.3. The number of hydrogen-bond acceptors (Lipinski definition) is 4. The number of nitrogens with zero attached hydrogens (tertiary/aromatic N) is 1. The van der Waals surface area contributed by atoms with E-state index in [9.17, 15) is 4.79 Å². The summed E-state index contributed by atoms with van der Waals surface area (Å²) in [6.07, 6.45) is 6.90. The van der Waals surface area contributed by atoms with Gasteiger partial charge in [0.15, 0.2) is 0 Å². The molecular weight excluding hydrogens is 316 g/mol. The van der Waals surface area contributed by atoms with E-state index in [4.69, 9.17) is 9.47 Å². The minimum atomic E-state index is -0.0849. The van der Waals surface area contributed by atoms with Crippen molar-refractivity contribution in [1.29, 1.82) is 0 Å². The van der Waals surface area contributed by atoms with Crippen LogP contribution in [0, 0.1) is 0 Å². The third kappa shape index (κ3) is 3.21. The van der Waals surface area contributed by atoms with E-state index in [0.717, 1.165) is 30.2 Å². The minimum Gasteiger partial charge on any atom is -0.481 e. The summed E-state index contributed by atoms with van der Waals surface area (Å²) in [5, 5.41) is 4.00. The predicted molar refractivity (Wildman–Crippen MR) is 95.9 cm³/mol. The largest absolute Gasteiger partial charge is 0.481 e. The molecule has 1 spiro atoms. The number of methoxy groups -OCH3 is 1. The van der Waals surface area contributed by atoms with Crippen molar-refractivity contribution in [2.45, 2.75) is 50.2 Å². The molecule has 0 bridgehead atoms. The SMILES string of the molecule is COc1cc(C(=O)N[C@@H]2COC3(CCCCC3)C2)c2ccccc2n1. The molecule has 1 aromatic heterocycles. The summed E-state index contributed by atoms with van der Waals surface area (Å²) in [5.74, 6) is 0.369. The van der Waals surface area contributed by atoms with Gasteiger partial charge in [-0.25, -0.2) is 4.98 Å². The maximum absolute atomic E-state index is 12.9. The molecule has 132 valence electrons. The molecule has 1 N–H and O–H groups in total. The van der Waals surface area contributed by atoms with Gasteiger partial charge in [0, 0.05) is 11.5 Å². The molecule has 1 aromatic carbocycles. The third-order valence-electron chi connectivity index (χ3n) is 5.46. The quantitative estimate of drug-likeness (QED) is 0.929. The number of amides is 1. The Morgan fingerprint density at radius 1 is 1.28 bits per heavy atom. The lowest BCUT2D eigenvalue weighted by Gasteiger charge is -2.32. The number of aromatic nitrogens is 1. The molecule has 1 atom stereocenters. The molecular formula is C20H24N2O3. The maximum Gasteiger partial charge on any atom is 0.252 e. The zero-order valence-corrected chi connectivity index (χ0v) is 14.6. The smallest absolute Gasteiger partial charge is 0.252 e. The number of carbonyl (C=O) groups excluding carboxylic acids is 1. The average Bonchev–Trinajstić information content (AvgIpc) is 3.03. The summed E-state index contributed by atoms with van der Waals surface area (Å²) in [6, 6.07) is 9.43. The molecule has 2 fully saturated rings. The molecule has 1 saturated carbocycles. The second kappa shape index (κ2) is 6.64. The van der Waals surface area contributed by atoms with E-state index >= 15 is 0 Å². The topological polar surface area (TPSA) is 60.5 Å². The molecule has 4 rings (SSSR count). The fourth-order valence-corrected chi connectivity index (χ4v) is 4.19. The molecule has 1 amide bonds. The van der Waals surface area contributed by atoms with E-state index in [1.54, 1.807) is 13.2 Å². The lowest BCUT2D eigenvalue weighted by molar-refractivity contribution is -0.0246. The Morgan fingerprint density at radius 3 is 2.88 bits per heavy atom. The molecule has 0 unspecified atom stereocenters. The molecule has 25 heavy (non-hydrogen) atoms. The third-order valence-corrected chi connectivity index (χ3v) is 5.46. The van der Waals surface area contributed by atoms with Crippen molar-refractivity contribution in [3.05, 3.63) is 35.9 Å². The van der Waals surface area contributed by atoms with Gasteiger partial charge in [0.25, 0.3) is 5.91 Å². The van der Waals surface area contributed by atoms with Crippen LogP contribution in [0.5, 0.6) is 5.88 Å². The predicted octanol–water partition coefficient (Wildman–Crippen LogP) is 3.47. The summed E-state index contributed by atoms with van der Waals surface area (Å²) < 4.78 is 11.4. The molecule has 0 radical (unpaired) electrons. The number of ether oxygens (including phenoxy) is 2. The monoisotopic (exact) mass is 340 g/mol. The fraction of sp³-hybridized carbons (Fsp3) is 0.500. The Morgan fingerprint density at radius 2 is 2.08 bits per heavy atom. The zero-order valence-electron chi connectivity index (χ0n) is 14.6. The van der Waals surface area contributed by atoms with Gasteiger partial charge in [-0.1, -0.05) is 37.5 Å². The number of rotatable bonds is 3. The summed E-state index contributed by atoms with van der Waals surface area (Å²) in [5.41, 5.74) is 1.36. The van der Waals surface area contributed by atoms with Gasteiger partial charge in [0.05, 0.1) is 36.4 Å². The second-order valence-corrected chi connectivity index (χ2v) is 7.16. The fourth-order valence-electron chi connectivity index (χ4n) is 4.19. The van der Waals surface area contributed by atoms with E-state index < -0.39 is 0 Å². The normalized spacial score (nSPS) is 22.2. The highest BCUT2D eigenvalue weighted by Crippen LogP contribution is 2.39. The average molecular weight is 340 g/mol. The van der Waals surface area contributed by atoms with Crippen LogP contribution in [-0.4, -0.2) is 36.3 Å². The van der Waals surface area contributed by atoms with Crippen LogP contribution in [0.15, 0.2) is 30.3 Å². The van der Waals surface area contributed by atoms with Crippen molar-refractivity contribution >= 4 is 16.8 Å². The lowest BCUT2D eigenvalue weighted by Crippen LogP contribution is -2.37. The van der Waals surface area contributed by atoms with Gasteiger partial charge in [0.1, 0.15) is 0 Å². The first-order valence-corrected chi connectivity index (χ1v) is 9.08. The highest BCUT2D eigenvalue weighted by molar-refractivity contribution is 6.06. The van der Waals surface area contributed by atoms with Gasteiger partial charge in [-0.05, 0) is 25.3 Å². The highest BCUT2D eigenvalue weighted by atomic mass is 16.5. The van der Waals surface area contributed by atoms with Crippen molar-refractivity contribution in [2.75, 3.05) is 13.7 Å². The Hall–Kier alpha value is -2.14. The van der Waals surface area contributed by atoms with E-state index in [1.807, 2.05) is 24.3 Å². The summed E-state index contributed by atoms with van der Waals surface area (Å²) in [6.45, 7) is 0.603. The maximum atomic E-state index is 12.9. The number of benzene rings is 1. The molecule has 2 heterocycles. The summed E-state index contributed by atoms with van der Waals surface area (Å²) >= 11 is 0. The first-order chi connectivity index (χ1) is 12.2. The molecule has 2 aliphatic rings. The van der Waals surface area contributed by atoms with Crippen molar-refractivity contribution in [2.24, 2.45) is 0 Å². The van der Waals surface area contributed by atoms with Crippen LogP contribution < -0.4 is 10.1 Å². The molecule has 1 aliphatic carbocycles. The Kier molecular flexibility index (Phi) is 4.34. The van der Waals surface area contributed by atoms with Crippen LogP contribution in [0.1, 0.15) is 48.9 Å². The molecule has 5 heteroatoms. The van der Waals surface area contributed by atoms with Crippen LogP contribution in [0.2, 0.25) is 0 Å². The van der Waals surface area contributed by atoms with Crippen molar-refractivity contribution in [3.8, 4) is 5.88 Å². The molecule has 2 aromatic rings. The van der Waals surface area contributed by atoms with Crippen molar-refractivity contribution < 1.29 is 14.3 Å². The molecule has 1 aliphatic heterocycles. The Labute approximate surface area is 147 Å². The number of carbonyl (C=O) groups is 1. The number of para-hydroxylation sites is 1. The van der Waals surface area contributed by atoms with Gasteiger partial charge in [-0.3, -0.25) is 4.79 Å². The van der Waals surface area contributed by atoms with Crippen LogP contribution in [0.3, 0.4) is 0 Å². The minimum absolute atomic E-state index is 0.00576. The highest BCUT2D eigenvalue weighted by Gasteiger charge is 2.41. The van der Waals surface area contributed by atoms with Crippen LogP contribution >= 0.6 is 0 Å².